The summed E-state index contributed by atoms with van der Waals surface area (Å²) in [5, 5.41) is 0.657. The minimum absolute atomic E-state index is 0.111. The van der Waals surface area contributed by atoms with Gasteiger partial charge < -0.3 is 14.4 Å². The topological polar surface area (TPSA) is 26.2 Å². The van der Waals surface area contributed by atoms with Gasteiger partial charge in [-0.05, 0) is 52.8 Å². The van der Waals surface area contributed by atoms with E-state index in [2.05, 4.69) is 34.6 Å². The fourth-order valence-corrected chi connectivity index (χ4v) is 3.49. The molecule has 162 valence electrons. The molecule has 2 unspecified atom stereocenters. The predicted octanol–water partition coefficient (Wildman–Crippen LogP) is 5.36. The first kappa shape index (κ1) is 26.8. The van der Waals surface area contributed by atoms with Gasteiger partial charge in [-0.3, -0.25) is 0 Å². The Labute approximate surface area is 175 Å². The quantitative estimate of drug-likeness (QED) is 0.214. The van der Waals surface area contributed by atoms with E-state index < -0.39 is 0 Å². The number of rotatable bonds is 16. The molecule has 0 aromatic carbocycles. The van der Waals surface area contributed by atoms with Crippen molar-refractivity contribution < 1.29 is 14.4 Å². The average Bonchev–Trinajstić information content (AvgIpc) is 3.50. The highest BCUT2D eigenvalue weighted by Gasteiger charge is 2.30. The summed E-state index contributed by atoms with van der Waals surface area (Å²) in [6, 6.07) is 0. The highest BCUT2D eigenvalue weighted by molar-refractivity contribution is 7.80. The van der Waals surface area contributed by atoms with Gasteiger partial charge in [-0.1, -0.05) is 64.7 Å². The summed E-state index contributed by atoms with van der Waals surface area (Å²) in [5.74, 6) is 0. The van der Waals surface area contributed by atoms with Gasteiger partial charge in [-0.2, -0.15) is 0 Å². The molecular weight excluding hydrogens is 354 g/mol. The van der Waals surface area contributed by atoms with Gasteiger partial charge >= 0.3 is 0 Å². The van der Waals surface area contributed by atoms with Crippen molar-refractivity contribution in [1.82, 2.24) is 0 Å². The first-order valence-electron chi connectivity index (χ1n) is 11.7. The second-order valence-corrected chi connectivity index (χ2v) is 8.25. The second kappa shape index (κ2) is 19.1. The predicted molar refractivity (Wildman–Crippen MR) is 122 cm³/mol. The first-order valence-corrected chi connectivity index (χ1v) is 12.1. The van der Waals surface area contributed by atoms with Crippen LogP contribution in [-0.2, 0) is 9.47 Å². The van der Waals surface area contributed by atoms with E-state index in [1.807, 2.05) is 0 Å². The molecule has 1 N–H and O–H groups in total. The second-order valence-electron chi connectivity index (χ2n) is 7.85. The molecule has 0 aliphatic carbocycles. The molecule has 0 spiro atoms. The normalized spacial score (nSPS) is 16.6. The van der Waals surface area contributed by atoms with Crippen molar-refractivity contribution in [3.63, 3.8) is 0 Å². The lowest BCUT2D eigenvalue weighted by molar-refractivity contribution is -0.894. The smallest absolute Gasteiger partial charge is 0.191 e. The molecular formula is C23H48NO2S+. The summed E-state index contributed by atoms with van der Waals surface area (Å²) in [6.07, 6.45) is 15.3. The molecule has 27 heavy (non-hydrogen) atoms. The Hall–Kier alpha value is -0.190. The fraction of sp³-hybridized carbons (Fsp3) is 0.957. The van der Waals surface area contributed by atoms with Crippen molar-refractivity contribution in [3.8, 4) is 0 Å². The molecule has 1 saturated heterocycles. The monoisotopic (exact) mass is 402 g/mol. The zero-order valence-electron chi connectivity index (χ0n) is 19.0. The molecule has 0 saturated carbocycles. The van der Waals surface area contributed by atoms with E-state index in [-0.39, 0.29) is 12.2 Å². The van der Waals surface area contributed by atoms with Crippen molar-refractivity contribution in [2.75, 3.05) is 26.2 Å². The van der Waals surface area contributed by atoms with E-state index in [0.29, 0.717) is 5.05 Å². The number of unbranched alkanes of at least 4 members (excludes halogenated alkanes) is 9. The minimum Gasteiger partial charge on any atom is -0.481 e. The van der Waals surface area contributed by atoms with E-state index in [9.17, 15) is 0 Å². The third-order valence-electron chi connectivity index (χ3n) is 5.38. The third kappa shape index (κ3) is 17.6. The van der Waals surface area contributed by atoms with Crippen LogP contribution in [0.15, 0.2) is 0 Å². The molecule has 0 radical (unpaired) electrons. The van der Waals surface area contributed by atoms with Crippen LogP contribution >= 0.6 is 12.2 Å². The summed E-state index contributed by atoms with van der Waals surface area (Å²) in [7, 11) is 0. The van der Waals surface area contributed by atoms with E-state index in [1.165, 1.54) is 83.8 Å². The first-order chi connectivity index (χ1) is 13.1. The van der Waals surface area contributed by atoms with Gasteiger partial charge in [0.1, 0.15) is 6.10 Å². The number of hydrogen-bond acceptors (Lipinski definition) is 3. The van der Waals surface area contributed by atoms with E-state index in [1.54, 1.807) is 4.90 Å². The van der Waals surface area contributed by atoms with Crippen molar-refractivity contribution in [1.29, 1.82) is 0 Å². The molecule has 1 aliphatic rings. The van der Waals surface area contributed by atoms with Crippen LogP contribution in [0.5, 0.6) is 0 Å². The van der Waals surface area contributed by atoms with E-state index in [4.69, 9.17) is 21.7 Å². The van der Waals surface area contributed by atoms with Gasteiger partial charge in [0, 0.05) is 0 Å². The van der Waals surface area contributed by atoms with Crippen LogP contribution in [0.25, 0.3) is 0 Å². The average molecular weight is 403 g/mol. The van der Waals surface area contributed by atoms with E-state index >= 15 is 0 Å². The van der Waals surface area contributed by atoms with Gasteiger partial charge in [-0.25, -0.2) is 0 Å². The van der Waals surface area contributed by atoms with Crippen LogP contribution in [0.2, 0.25) is 0 Å². The van der Waals surface area contributed by atoms with Crippen molar-refractivity contribution in [2.24, 2.45) is 0 Å². The Morgan fingerprint density at radius 3 is 1.70 bits per heavy atom. The maximum absolute atomic E-state index is 5.66. The lowest BCUT2D eigenvalue weighted by Gasteiger charge is -2.13. The van der Waals surface area contributed by atoms with Gasteiger partial charge in [0.05, 0.1) is 32.3 Å². The standard InChI is InChI=1S/C17H32O2S.C6H15N/c1-3-4-5-6-7-8-9-10-11-12-13-15(2)19-17(20)16-14-18-16;1-4-7(5-2)6-3/h15-16H,3-14H2,1-2H3;4-6H2,1-3H3/p+1. The molecule has 0 aromatic heterocycles. The van der Waals surface area contributed by atoms with Crippen LogP contribution in [0, 0.1) is 0 Å². The number of ether oxygens (including phenoxy) is 2. The SMILES string of the molecule is CCCCCCCCCCCCC(C)OC(=S)C1CO1.CC[NH+](CC)CC. The molecule has 1 fully saturated rings. The highest BCUT2D eigenvalue weighted by Crippen LogP contribution is 2.16. The van der Waals surface area contributed by atoms with Crippen LogP contribution in [0.1, 0.15) is 105 Å². The Morgan fingerprint density at radius 2 is 1.33 bits per heavy atom. The molecule has 2 atom stereocenters. The number of hydrogen-bond donors (Lipinski definition) is 1. The van der Waals surface area contributed by atoms with Crippen molar-refractivity contribution in [3.05, 3.63) is 0 Å². The van der Waals surface area contributed by atoms with Crippen molar-refractivity contribution in [2.45, 2.75) is 117 Å². The van der Waals surface area contributed by atoms with Gasteiger partial charge in [0.15, 0.2) is 5.05 Å². The zero-order valence-corrected chi connectivity index (χ0v) is 19.8. The van der Waals surface area contributed by atoms with Gasteiger partial charge in [0.25, 0.3) is 0 Å². The van der Waals surface area contributed by atoms with Gasteiger partial charge in [0.2, 0.25) is 0 Å². The molecule has 1 heterocycles. The van der Waals surface area contributed by atoms with E-state index in [0.717, 1.165) is 13.0 Å². The summed E-state index contributed by atoms with van der Waals surface area (Å²) < 4.78 is 10.8. The molecule has 1 rings (SSSR count). The lowest BCUT2D eigenvalue weighted by atomic mass is 10.0. The Kier molecular flexibility index (Phi) is 19.0. The number of quaternary nitrogens is 1. The lowest BCUT2D eigenvalue weighted by Crippen LogP contribution is -3.11. The summed E-state index contributed by atoms with van der Waals surface area (Å²) in [6.45, 7) is 15.6. The zero-order chi connectivity index (χ0) is 20.3. The summed E-state index contributed by atoms with van der Waals surface area (Å²) in [4.78, 5) is 1.68. The Balaban J connectivity index is 0.000000821. The maximum atomic E-state index is 5.66. The van der Waals surface area contributed by atoms with Crippen LogP contribution in [0.4, 0.5) is 0 Å². The highest BCUT2D eigenvalue weighted by atomic mass is 32.1. The molecule has 4 heteroatoms. The van der Waals surface area contributed by atoms with Crippen LogP contribution in [0.3, 0.4) is 0 Å². The minimum atomic E-state index is 0.111. The number of epoxide rings is 1. The molecule has 0 bridgehead atoms. The van der Waals surface area contributed by atoms with Crippen LogP contribution < -0.4 is 4.90 Å². The maximum Gasteiger partial charge on any atom is 0.191 e. The van der Waals surface area contributed by atoms with Crippen LogP contribution in [-0.4, -0.2) is 43.5 Å². The Morgan fingerprint density at radius 1 is 0.889 bits per heavy atom. The molecule has 1 aliphatic heterocycles. The molecule has 0 amide bonds. The number of thiocarbonyl (C=S) groups is 1. The largest absolute Gasteiger partial charge is 0.481 e. The molecule has 3 nitrogen and oxygen atoms in total. The van der Waals surface area contributed by atoms with Gasteiger partial charge in [-0.15, -0.1) is 0 Å². The Bertz CT molecular complexity index is 325. The summed E-state index contributed by atoms with van der Waals surface area (Å²) >= 11 is 5.15. The molecule has 0 aromatic rings. The third-order valence-corrected chi connectivity index (χ3v) is 5.74. The fourth-order valence-electron chi connectivity index (χ4n) is 3.19. The van der Waals surface area contributed by atoms with Crippen molar-refractivity contribution >= 4 is 17.3 Å². The number of nitrogens with one attached hydrogen (secondary N) is 1. The summed E-state index contributed by atoms with van der Waals surface area (Å²) in [5.41, 5.74) is 0.